The molecule has 0 saturated carbocycles. The Hall–Kier alpha value is -3.58. The van der Waals surface area contributed by atoms with E-state index in [4.69, 9.17) is 4.42 Å². The van der Waals surface area contributed by atoms with Gasteiger partial charge >= 0.3 is 0 Å². The lowest BCUT2D eigenvalue weighted by Gasteiger charge is -2.09. The molecule has 1 aromatic heterocycles. The fourth-order valence-corrected chi connectivity index (χ4v) is 4.11. The minimum atomic E-state index is 0.936. The Labute approximate surface area is 156 Å². The average molecular weight is 344 g/mol. The predicted molar refractivity (Wildman–Crippen MR) is 114 cm³/mol. The summed E-state index contributed by atoms with van der Waals surface area (Å²) in [7, 11) is 0. The van der Waals surface area contributed by atoms with Gasteiger partial charge in [-0.3, -0.25) is 0 Å². The molecule has 6 rings (SSSR count). The molecule has 0 saturated heterocycles. The van der Waals surface area contributed by atoms with Crippen molar-refractivity contribution >= 4 is 43.5 Å². The zero-order valence-corrected chi connectivity index (χ0v) is 14.6. The van der Waals surface area contributed by atoms with E-state index >= 15 is 0 Å². The van der Waals surface area contributed by atoms with E-state index in [1.54, 1.807) is 0 Å². The third-order valence-corrected chi connectivity index (χ3v) is 5.43. The number of hydrogen-bond donors (Lipinski definition) is 0. The molecule has 1 heteroatoms. The van der Waals surface area contributed by atoms with Crippen molar-refractivity contribution in [1.82, 2.24) is 0 Å². The quantitative estimate of drug-likeness (QED) is 0.280. The van der Waals surface area contributed by atoms with Gasteiger partial charge in [-0.25, -0.2) is 0 Å². The summed E-state index contributed by atoms with van der Waals surface area (Å²) < 4.78 is 5.99. The van der Waals surface area contributed by atoms with E-state index in [-0.39, 0.29) is 0 Å². The molecule has 0 radical (unpaired) electrons. The average Bonchev–Trinajstić information content (AvgIpc) is 3.09. The van der Waals surface area contributed by atoms with Crippen molar-refractivity contribution in [2.45, 2.75) is 0 Å². The van der Waals surface area contributed by atoms with Gasteiger partial charge in [-0.15, -0.1) is 0 Å². The van der Waals surface area contributed by atoms with Crippen LogP contribution in [0.5, 0.6) is 0 Å². The molecule has 126 valence electrons. The van der Waals surface area contributed by atoms with E-state index in [0.29, 0.717) is 0 Å². The van der Waals surface area contributed by atoms with E-state index in [1.165, 1.54) is 43.4 Å². The third kappa shape index (κ3) is 2.18. The predicted octanol–water partition coefficient (Wildman–Crippen LogP) is 7.56. The highest BCUT2D eigenvalue weighted by atomic mass is 16.3. The number of benzene rings is 5. The molecular weight excluding hydrogens is 328 g/mol. The molecule has 0 aliphatic rings. The summed E-state index contributed by atoms with van der Waals surface area (Å²) in [5, 5.41) is 7.43. The first-order chi connectivity index (χ1) is 13.4. The lowest BCUT2D eigenvalue weighted by Crippen LogP contribution is -1.83. The van der Waals surface area contributed by atoms with Gasteiger partial charge in [-0.1, -0.05) is 66.7 Å². The summed E-state index contributed by atoms with van der Waals surface area (Å²) in [5.41, 5.74) is 4.35. The zero-order chi connectivity index (χ0) is 17.8. The van der Waals surface area contributed by atoms with E-state index in [2.05, 4.69) is 84.9 Å². The summed E-state index contributed by atoms with van der Waals surface area (Å²) in [6, 6.07) is 34.4. The molecule has 0 bridgehead atoms. The van der Waals surface area contributed by atoms with E-state index in [0.717, 1.165) is 11.2 Å². The van der Waals surface area contributed by atoms with Crippen molar-refractivity contribution in [1.29, 1.82) is 0 Å². The summed E-state index contributed by atoms with van der Waals surface area (Å²) in [6.07, 6.45) is 0. The Morgan fingerprint density at radius 3 is 2.11 bits per heavy atom. The SMILES string of the molecule is c1ccc2cc3c(-c4ccc5oc6ccccc6c5c4)cccc3cc2c1. The first-order valence-corrected chi connectivity index (χ1v) is 9.20. The molecule has 0 atom stereocenters. The molecule has 5 aromatic carbocycles. The van der Waals surface area contributed by atoms with Crippen LogP contribution >= 0.6 is 0 Å². The number of furan rings is 1. The van der Waals surface area contributed by atoms with Crippen LogP contribution in [0.1, 0.15) is 0 Å². The van der Waals surface area contributed by atoms with Crippen molar-refractivity contribution in [2.24, 2.45) is 0 Å². The highest BCUT2D eigenvalue weighted by molar-refractivity contribution is 6.09. The highest BCUT2D eigenvalue weighted by Crippen LogP contribution is 2.36. The molecule has 6 aromatic rings. The van der Waals surface area contributed by atoms with Gasteiger partial charge < -0.3 is 4.42 Å². The molecule has 27 heavy (non-hydrogen) atoms. The molecule has 1 heterocycles. The van der Waals surface area contributed by atoms with Gasteiger partial charge in [0.2, 0.25) is 0 Å². The van der Waals surface area contributed by atoms with Crippen molar-refractivity contribution in [2.75, 3.05) is 0 Å². The number of rotatable bonds is 1. The second kappa shape index (κ2) is 5.46. The van der Waals surface area contributed by atoms with Gasteiger partial charge in [-0.05, 0) is 63.0 Å². The normalized spacial score (nSPS) is 11.7. The summed E-state index contributed by atoms with van der Waals surface area (Å²) >= 11 is 0. The molecule has 0 amide bonds. The van der Waals surface area contributed by atoms with E-state index in [9.17, 15) is 0 Å². The summed E-state index contributed by atoms with van der Waals surface area (Å²) in [4.78, 5) is 0. The largest absolute Gasteiger partial charge is 0.456 e. The van der Waals surface area contributed by atoms with Crippen LogP contribution in [0, 0.1) is 0 Å². The molecule has 0 aliphatic heterocycles. The maximum atomic E-state index is 5.99. The standard InChI is InChI=1S/C26H16O/c1-2-7-18-15-23-19(14-17(18)6-1)8-5-10-21(23)20-12-13-26-24(16-20)22-9-3-4-11-25(22)27-26/h1-16H. The van der Waals surface area contributed by atoms with Gasteiger partial charge in [0.1, 0.15) is 11.2 Å². The zero-order valence-electron chi connectivity index (χ0n) is 14.6. The Morgan fingerprint density at radius 1 is 0.444 bits per heavy atom. The Balaban J connectivity index is 1.66. The lowest BCUT2D eigenvalue weighted by molar-refractivity contribution is 0.669. The molecule has 1 nitrogen and oxygen atoms in total. The van der Waals surface area contributed by atoms with Crippen LogP contribution in [0.4, 0.5) is 0 Å². The van der Waals surface area contributed by atoms with Crippen molar-refractivity contribution in [3.05, 3.63) is 97.1 Å². The smallest absolute Gasteiger partial charge is 0.135 e. The fourth-order valence-electron chi connectivity index (χ4n) is 4.11. The topological polar surface area (TPSA) is 13.1 Å². The molecular formula is C26H16O. The molecule has 0 aliphatic carbocycles. The highest BCUT2D eigenvalue weighted by Gasteiger charge is 2.10. The Morgan fingerprint density at radius 2 is 1.19 bits per heavy atom. The van der Waals surface area contributed by atoms with Crippen molar-refractivity contribution in [3.8, 4) is 11.1 Å². The Bertz CT molecular complexity index is 1470. The van der Waals surface area contributed by atoms with Gasteiger partial charge in [0.15, 0.2) is 0 Å². The second-order valence-electron chi connectivity index (χ2n) is 7.04. The van der Waals surface area contributed by atoms with Crippen LogP contribution < -0.4 is 0 Å². The van der Waals surface area contributed by atoms with Crippen LogP contribution in [0.15, 0.2) is 101 Å². The number of para-hydroxylation sites is 1. The first-order valence-electron chi connectivity index (χ1n) is 9.20. The van der Waals surface area contributed by atoms with Crippen LogP contribution in [0.25, 0.3) is 54.6 Å². The molecule has 0 N–H and O–H groups in total. The van der Waals surface area contributed by atoms with Gasteiger partial charge in [0.25, 0.3) is 0 Å². The van der Waals surface area contributed by atoms with Crippen LogP contribution in [0.3, 0.4) is 0 Å². The third-order valence-electron chi connectivity index (χ3n) is 5.43. The van der Waals surface area contributed by atoms with E-state index < -0.39 is 0 Å². The maximum absolute atomic E-state index is 5.99. The van der Waals surface area contributed by atoms with Crippen LogP contribution in [0.2, 0.25) is 0 Å². The minimum absolute atomic E-state index is 0.936. The van der Waals surface area contributed by atoms with Gasteiger partial charge in [0.05, 0.1) is 0 Å². The van der Waals surface area contributed by atoms with Crippen molar-refractivity contribution in [3.63, 3.8) is 0 Å². The van der Waals surface area contributed by atoms with Crippen molar-refractivity contribution < 1.29 is 4.42 Å². The number of fused-ring (bicyclic) bond motifs is 5. The molecule has 0 spiro atoms. The fraction of sp³-hybridized carbons (Fsp3) is 0. The van der Waals surface area contributed by atoms with E-state index in [1.807, 2.05) is 12.1 Å². The molecule has 0 unspecified atom stereocenters. The lowest BCUT2D eigenvalue weighted by atomic mass is 9.95. The maximum Gasteiger partial charge on any atom is 0.135 e. The van der Waals surface area contributed by atoms with Crippen LogP contribution in [-0.4, -0.2) is 0 Å². The van der Waals surface area contributed by atoms with Gasteiger partial charge in [0, 0.05) is 10.8 Å². The monoisotopic (exact) mass is 344 g/mol. The second-order valence-corrected chi connectivity index (χ2v) is 7.04. The Kier molecular flexibility index (Phi) is 2.95. The molecule has 0 fully saturated rings. The summed E-state index contributed by atoms with van der Waals surface area (Å²) in [5.74, 6) is 0. The van der Waals surface area contributed by atoms with Gasteiger partial charge in [-0.2, -0.15) is 0 Å². The summed E-state index contributed by atoms with van der Waals surface area (Å²) in [6.45, 7) is 0. The number of hydrogen-bond acceptors (Lipinski definition) is 1. The van der Waals surface area contributed by atoms with Crippen LogP contribution in [-0.2, 0) is 0 Å². The minimum Gasteiger partial charge on any atom is -0.456 e. The first kappa shape index (κ1) is 14.6.